The Morgan fingerprint density at radius 3 is 2.45 bits per heavy atom. The number of carbonyl (C=O) groups excluding carboxylic acids is 1. The van der Waals surface area contributed by atoms with Crippen LogP contribution in [-0.4, -0.2) is 45.7 Å². The van der Waals surface area contributed by atoms with E-state index in [9.17, 15) is 20.1 Å². The second kappa shape index (κ2) is 12.7. The van der Waals surface area contributed by atoms with E-state index in [0.717, 1.165) is 44.9 Å². The van der Waals surface area contributed by atoms with Crippen molar-refractivity contribution in [2.45, 2.75) is 115 Å². The van der Waals surface area contributed by atoms with E-state index < -0.39 is 12.2 Å². The highest BCUT2D eigenvalue weighted by Crippen LogP contribution is 2.39. The van der Waals surface area contributed by atoms with Crippen molar-refractivity contribution in [3.63, 3.8) is 0 Å². The summed E-state index contributed by atoms with van der Waals surface area (Å²) in [5, 5.41) is 31.3. The second-order valence-electron chi connectivity index (χ2n) is 9.38. The molecule has 2 saturated carbocycles. The van der Waals surface area contributed by atoms with E-state index in [1.54, 1.807) is 0 Å². The molecule has 0 aliphatic heterocycles. The van der Waals surface area contributed by atoms with Gasteiger partial charge in [0.1, 0.15) is 0 Å². The molecule has 0 spiro atoms. The first kappa shape index (κ1) is 24.4. The van der Waals surface area contributed by atoms with E-state index in [1.165, 1.54) is 19.3 Å². The number of unbranched alkanes of at least 4 members (excludes halogenated alkanes) is 1. The summed E-state index contributed by atoms with van der Waals surface area (Å²) in [6.45, 7) is 3.70. The lowest BCUT2D eigenvalue weighted by atomic mass is 9.80. The van der Waals surface area contributed by atoms with Crippen LogP contribution in [0.3, 0.4) is 0 Å². The second-order valence-corrected chi connectivity index (χ2v) is 9.38. The van der Waals surface area contributed by atoms with E-state index >= 15 is 0 Å². The third kappa shape index (κ3) is 8.39. The fraction of sp³-hybridized carbons (Fsp3) is 0.875. The van der Waals surface area contributed by atoms with Gasteiger partial charge in [-0.25, -0.2) is 0 Å². The van der Waals surface area contributed by atoms with Gasteiger partial charge in [0.2, 0.25) is 0 Å². The quantitative estimate of drug-likeness (QED) is 0.271. The van der Waals surface area contributed by atoms with Gasteiger partial charge in [-0.1, -0.05) is 31.4 Å². The van der Waals surface area contributed by atoms with E-state index in [0.29, 0.717) is 18.8 Å². The normalized spacial score (nSPS) is 29.6. The maximum Gasteiger partial charge on any atom is 0.306 e. The highest BCUT2D eigenvalue weighted by Gasteiger charge is 2.41. The van der Waals surface area contributed by atoms with Crippen molar-refractivity contribution in [2.75, 3.05) is 0 Å². The van der Waals surface area contributed by atoms with Crippen LogP contribution in [0, 0.1) is 17.8 Å². The summed E-state index contributed by atoms with van der Waals surface area (Å²) in [6.07, 6.45) is 13.4. The lowest BCUT2D eigenvalue weighted by Crippen LogP contribution is -2.27. The first-order valence-corrected chi connectivity index (χ1v) is 11.8. The number of esters is 1. The number of hydrogen-bond donors (Lipinski definition) is 3. The minimum atomic E-state index is -0.479. The first-order valence-electron chi connectivity index (χ1n) is 11.8. The molecule has 0 aromatic carbocycles. The number of hydrogen-bond acceptors (Lipinski definition) is 5. The molecule has 0 radical (unpaired) electrons. The van der Waals surface area contributed by atoms with Crippen molar-refractivity contribution in [2.24, 2.45) is 17.8 Å². The van der Waals surface area contributed by atoms with E-state index in [1.807, 2.05) is 13.8 Å². The monoisotopic (exact) mass is 410 g/mol. The van der Waals surface area contributed by atoms with Gasteiger partial charge in [-0.05, 0) is 83.0 Å². The summed E-state index contributed by atoms with van der Waals surface area (Å²) in [7, 11) is 0. The van der Waals surface area contributed by atoms with Crippen LogP contribution in [0.25, 0.3) is 0 Å². The zero-order chi connectivity index (χ0) is 21.2. The van der Waals surface area contributed by atoms with Crippen LogP contribution in [0.5, 0.6) is 0 Å². The van der Waals surface area contributed by atoms with Crippen molar-refractivity contribution in [1.82, 2.24) is 0 Å². The van der Waals surface area contributed by atoms with Gasteiger partial charge >= 0.3 is 5.97 Å². The standard InChI is InChI=1S/C24H42O5/c1-17(2)29-24(28)13-9-4-3-8-12-19-20(23(27)16-22(19)26)14-15-21(25)18-10-6-5-7-11-18/h3,8,17-23,25-27H,4-7,9-16H2,1-2H3/b8-3-/t19?,20?,21-,22-,23+/m1/s1. The predicted octanol–water partition coefficient (Wildman–Crippen LogP) is 4.13. The zero-order valence-corrected chi connectivity index (χ0v) is 18.3. The van der Waals surface area contributed by atoms with Crippen molar-refractivity contribution >= 4 is 5.97 Å². The Labute approximate surface area is 176 Å². The van der Waals surface area contributed by atoms with Crippen molar-refractivity contribution in [3.8, 4) is 0 Å². The molecule has 29 heavy (non-hydrogen) atoms. The van der Waals surface area contributed by atoms with Crippen LogP contribution < -0.4 is 0 Å². The highest BCUT2D eigenvalue weighted by molar-refractivity contribution is 5.69. The van der Waals surface area contributed by atoms with Crippen molar-refractivity contribution in [1.29, 1.82) is 0 Å². The van der Waals surface area contributed by atoms with Crippen molar-refractivity contribution in [3.05, 3.63) is 12.2 Å². The Hall–Kier alpha value is -0.910. The van der Waals surface area contributed by atoms with E-state index in [-0.39, 0.29) is 30.0 Å². The minimum absolute atomic E-state index is 0.0470. The number of allylic oxidation sites excluding steroid dienone is 2. The van der Waals surface area contributed by atoms with Gasteiger partial charge in [-0.15, -0.1) is 0 Å². The molecule has 5 atom stereocenters. The summed E-state index contributed by atoms with van der Waals surface area (Å²) >= 11 is 0. The first-order chi connectivity index (χ1) is 13.9. The number of aliphatic hydroxyl groups excluding tert-OH is 3. The predicted molar refractivity (Wildman–Crippen MR) is 114 cm³/mol. The molecular formula is C24H42O5. The summed E-state index contributed by atoms with van der Waals surface area (Å²) < 4.78 is 5.12. The molecule has 2 aliphatic carbocycles. The molecule has 168 valence electrons. The molecule has 5 heteroatoms. The van der Waals surface area contributed by atoms with Gasteiger partial charge in [0.05, 0.1) is 24.4 Å². The number of ether oxygens (including phenoxy) is 1. The Balaban J connectivity index is 1.72. The van der Waals surface area contributed by atoms with Gasteiger partial charge in [0, 0.05) is 6.42 Å². The molecule has 3 N–H and O–H groups in total. The van der Waals surface area contributed by atoms with E-state index in [4.69, 9.17) is 4.74 Å². The molecule has 5 nitrogen and oxygen atoms in total. The summed E-state index contributed by atoms with van der Waals surface area (Å²) in [6, 6.07) is 0. The number of carbonyl (C=O) groups is 1. The third-order valence-electron chi connectivity index (χ3n) is 6.70. The smallest absolute Gasteiger partial charge is 0.306 e. The lowest BCUT2D eigenvalue weighted by Gasteiger charge is -2.29. The van der Waals surface area contributed by atoms with Crippen LogP contribution in [-0.2, 0) is 9.53 Å². The topological polar surface area (TPSA) is 87.0 Å². The third-order valence-corrected chi connectivity index (χ3v) is 6.70. The largest absolute Gasteiger partial charge is 0.463 e. The van der Waals surface area contributed by atoms with Gasteiger partial charge in [-0.2, -0.15) is 0 Å². The molecule has 2 aliphatic rings. The van der Waals surface area contributed by atoms with Crippen molar-refractivity contribution < 1.29 is 24.9 Å². The molecule has 2 fully saturated rings. The highest BCUT2D eigenvalue weighted by atomic mass is 16.5. The number of aliphatic hydroxyl groups is 3. The van der Waals surface area contributed by atoms with Crippen LogP contribution in [0.2, 0.25) is 0 Å². The summed E-state index contributed by atoms with van der Waals surface area (Å²) in [5.74, 6) is 0.354. The van der Waals surface area contributed by atoms with Gasteiger partial charge in [0.15, 0.2) is 0 Å². The maximum atomic E-state index is 11.5. The Morgan fingerprint density at radius 2 is 1.76 bits per heavy atom. The zero-order valence-electron chi connectivity index (χ0n) is 18.3. The molecule has 2 unspecified atom stereocenters. The molecule has 2 rings (SSSR count). The minimum Gasteiger partial charge on any atom is -0.463 e. The lowest BCUT2D eigenvalue weighted by molar-refractivity contribution is -0.147. The molecule has 0 heterocycles. The fourth-order valence-electron chi connectivity index (χ4n) is 5.08. The van der Waals surface area contributed by atoms with Crippen LogP contribution in [0.1, 0.15) is 90.9 Å². The SMILES string of the molecule is CC(C)OC(=O)CCC/C=C\CC1C(CC[C@@H](O)C2CCCCC2)[C@@H](O)C[C@H]1O. The van der Waals surface area contributed by atoms with Gasteiger partial charge in [0.25, 0.3) is 0 Å². The molecule has 0 amide bonds. The number of rotatable bonds is 11. The van der Waals surface area contributed by atoms with Crippen LogP contribution in [0.4, 0.5) is 0 Å². The molecule has 0 aromatic rings. The van der Waals surface area contributed by atoms with Gasteiger partial charge < -0.3 is 20.1 Å². The molecule has 0 aromatic heterocycles. The fourth-order valence-corrected chi connectivity index (χ4v) is 5.08. The summed E-state index contributed by atoms with van der Waals surface area (Å²) in [4.78, 5) is 11.5. The van der Waals surface area contributed by atoms with Crippen LogP contribution in [0.15, 0.2) is 12.2 Å². The average molecular weight is 411 g/mol. The Morgan fingerprint density at radius 1 is 1.07 bits per heavy atom. The molecule has 0 saturated heterocycles. The molecular weight excluding hydrogens is 368 g/mol. The molecule has 0 bridgehead atoms. The Bertz CT molecular complexity index is 497. The van der Waals surface area contributed by atoms with Gasteiger partial charge in [-0.3, -0.25) is 4.79 Å². The van der Waals surface area contributed by atoms with E-state index in [2.05, 4.69) is 12.2 Å². The van der Waals surface area contributed by atoms with Crippen LogP contribution >= 0.6 is 0 Å². The maximum absolute atomic E-state index is 11.5. The summed E-state index contributed by atoms with van der Waals surface area (Å²) in [5.41, 5.74) is 0. The Kier molecular flexibility index (Phi) is 10.7. The average Bonchev–Trinajstić information content (AvgIpc) is 2.95.